The Morgan fingerprint density at radius 1 is 1.28 bits per heavy atom. The van der Waals surface area contributed by atoms with Crippen molar-refractivity contribution in [3.8, 4) is 5.75 Å². The van der Waals surface area contributed by atoms with Crippen molar-refractivity contribution < 1.29 is 9.53 Å². The number of ether oxygens (including phenoxy) is 1. The van der Waals surface area contributed by atoms with E-state index in [1.165, 1.54) is 0 Å². The molecule has 4 heteroatoms. The molecule has 1 aromatic carbocycles. The van der Waals surface area contributed by atoms with Crippen LogP contribution in [0.4, 0.5) is 5.69 Å². The van der Waals surface area contributed by atoms with Gasteiger partial charge in [-0.3, -0.25) is 4.79 Å². The van der Waals surface area contributed by atoms with Crippen molar-refractivity contribution in [1.29, 1.82) is 0 Å². The molecule has 100 valence electrons. The van der Waals surface area contributed by atoms with Crippen molar-refractivity contribution in [3.05, 3.63) is 24.3 Å². The Morgan fingerprint density at radius 3 is 2.83 bits per heavy atom. The Balaban J connectivity index is 2.39. The van der Waals surface area contributed by atoms with E-state index < -0.39 is 0 Å². The second kappa shape index (κ2) is 8.39. The van der Waals surface area contributed by atoms with Gasteiger partial charge in [-0.05, 0) is 25.0 Å². The molecular formula is C14H22N2O2. The van der Waals surface area contributed by atoms with Crippen molar-refractivity contribution >= 4 is 11.6 Å². The Hall–Kier alpha value is -1.71. The predicted molar refractivity (Wildman–Crippen MR) is 74.0 cm³/mol. The van der Waals surface area contributed by atoms with Crippen LogP contribution < -0.4 is 15.4 Å². The van der Waals surface area contributed by atoms with Crippen LogP contribution in [0.15, 0.2) is 24.3 Å². The summed E-state index contributed by atoms with van der Waals surface area (Å²) in [5.74, 6) is 0.840. The molecule has 2 N–H and O–H groups in total. The molecule has 0 aromatic heterocycles. The van der Waals surface area contributed by atoms with Crippen molar-refractivity contribution in [3.63, 3.8) is 0 Å². The van der Waals surface area contributed by atoms with Crippen molar-refractivity contribution in [2.24, 2.45) is 0 Å². The lowest BCUT2D eigenvalue weighted by Crippen LogP contribution is -2.30. The molecule has 0 aliphatic rings. The Bertz CT molecular complexity index is 367. The number of nitrogens with one attached hydrogen (secondary N) is 2. The molecule has 0 bridgehead atoms. The van der Waals surface area contributed by atoms with E-state index in [-0.39, 0.29) is 12.5 Å². The smallest absolute Gasteiger partial charge is 0.239 e. The van der Waals surface area contributed by atoms with Crippen LogP contribution in [0.3, 0.4) is 0 Å². The zero-order valence-corrected chi connectivity index (χ0v) is 11.2. The summed E-state index contributed by atoms with van der Waals surface area (Å²) in [6, 6.07) is 7.66. The van der Waals surface area contributed by atoms with Crippen LogP contribution in [0.2, 0.25) is 0 Å². The van der Waals surface area contributed by atoms with Gasteiger partial charge >= 0.3 is 0 Å². The summed E-state index contributed by atoms with van der Waals surface area (Å²) in [6.07, 6.45) is 1.93. The first-order chi connectivity index (χ1) is 8.76. The van der Waals surface area contributed by atoms with Gasteiger partial charge in [0.1, 0.15) is 5.75 Å². The summed E-state index contributed by atoms with van der Waals surface area (Å²) in [7, 11) is 0. The zero-order chi connectivity index (χ0) is 13.2. The topological polar surface area (TPSA) is 50.4 Å². The van der Waals surface area contributed by atoms with E-state index in [1.807, 2.05) is 31.2 Å². The van der Waals surface area contributed by atoms with Crippen LogP contribution in [-0.2, 0) is 4.79 Å². The lowest BCUT2D eigenvalue weighted by molar-refractivity contribution is -0.119. The van der Waals surface area contributed by atoms with Crippen LogP contribution in [0.1, 0.15) is 26.7 Å². The van der Waals surface area contributed by atoms with Gasteiger partial charge in [-0.25, -0.2) is 0 Å². The molecule has 0 heterocycles. The van der Waals surface area contributed by atoms with Crippen LogP contribution in [-0.4, -0.2) is 25.6 Å². The number of rotatable bonds is 8. The highest BCUT2D eigenvalue weighted by Crippen LogP contribution is 2.17. The second-order valence-electron chi connectivity index (χ2n) is 4.08. The van der Waals surface area contributed by atoms with Crippen molar-refractivity contribution in [2.75, 3.05) is 25.0 Å². The number of amides is 1. The number of carbonyl (C=O) groups excluding carboxylic acids is 1. The fourth-order valence-corrected chi connectivity index (χ4v) is 1.43. The molecular weight excluding hydrogens is 228 g/mol. The summed E-state index contributed by atoms with van der Waals surface area (Å²) in [6.45, 7) is 5.82. The van der Waals surface area contributed by atoms with Crippen molar-refractivity contribution in [1.82, 2.24) is 5.32 Å². The molecule has 0 unspecified atom stereocenters. The largest absolute Gasteiger partial charge is 0.494 e. The fraction of sp³-hybridized carbons (Fsp3) is 0.500. The normalized spacial score (nSPS) is 9.89. The van der Waals surface area contributed by atoms with Gasteiger partial charge < -0.3 is 15.4 Å². The fourth-order valence-electron chi connectivity index (χ4n) is 1.43. The van der Waals surface area contributed by atoms with E-state index in [0.717, 1.165) is 30.8 Å². The molecule has 18 heavy (non-hydrogen) atoms. The zero-order valence-electron chi connectivity index (χ0n) is 11.2. The summed E-state index contributed by atoms with van der Waals surface area (Å²) in [4.78, 5) is 11.4. The second-order valence-corrected chi connectivity index (χ2v) is 4.08. The van der Waals surface area contributed by atoms with Gasteiger partial charge in [-0.15, -0.1) is 0 Å². The molecule has 0 aliphatic heterocycles. The van der Waals surface area contributed by atoms with Gasteiger partial charge in [0.15, 0.2) is 0 Å². The van der Waals surface area contributed by atoms with Gasteiger partial charge in [-0.2, -0.15) is 0 Å². The van der Waals surface area contributed by atoms with E-state index in [1.54, 1.807) is 0 Å². The van der Waals surface area contributed by atoms with E-state index in [2.05, 4.69) is 17.6 Å². The average molecular weight is 250 g/mol. The third kappa shape index (κ3) is 5.57. The molecule has 0 atom stereocenters. The average Bonchev–Trinajstić information content (AvgIpc) is 2.41. The number of anilines is 1. The molecule has 0 fully saturated rings. The van der Waals surface area contributed by atoms with Gasteiger partial charge in [0.2, 0.25) is 5.91 Å². The first-order valence-electron chi connectivity index (χ1n) is 6.49. The van der Waals surface area contributed by atoms with Crippen LogP contribution in [0.25, 0.3) is 0 Å². The van der Waals surface area contributed by atoms with E-state index in [9.17, 15) is 4.79 Å². The molecule has 0 saturated heterocycles. The summed E-state index contributed by atoms with van der Waals surface area (Å²) < 4.78 is 5.53. The number of benzene rings is 1. The minimum absolute atomic E-state index is 0.0109. The molecule has 0 spiro atoms. The third-order valence-electron chi connectivity index (χ3n) is 2.33. The lowest BCUT2D eigenvalue weighted by Gasteiger charge is -2.09. The maximum absolute atomic E-state index is 11.4. The van der Waals surface area contributed by atoms with Gasteiger partial charge in [0, 0.05) is 18.3 Å². The highest BCUT2D eigenvalue weighted by Gasteiger charge is 2.00. The van der Waals surface area contributed by atoms with Crippen LogP contribution in [0, 0.1) is 0 Å². The summed E-state index contributed by atoms with van der Waals surface area (Å²) in [5.41, 5.74) is 0.898. The number of carbonyl (C=O) groups is 1. The highest BCUT2D eigenvalue weighted by molar-refractivity contribution is 5.80. The Kier molecular flexibility index (Phi) is 6.69. The molecule has 0 aliphatic carbocycles. The summed E-state index contributed by atoms with van der Waals surface area (Å²) >= 11 is 0. The maximum atomic E-state index is 11.4. The van der Waals surface area contributed by atoms with Gasteiger partial charge in [0.25, 0.3) is 0 Å². The Labute approximate surface area is 109 Å². The standard InChI is InChI=1S/C14H22N2O2/c1-3-8-15-14(17)11-16-12-6-5-7-13(10-12)18-9-4-2/h5-7,10,16H,3-4,8-9,11H2,1-2H3,(H,15,17). The third-order valence-corrected chi connectivity index (χ3v) is 2.33. The van der Waals surface area contributed by atoms with Gasteiger partial charge in [-0.1, -0.05) is 19.9 Å². The summed E-state index contributed by atoms with van der Waals surface area (Å²) in [5, 5.41) is 5.90. The minimum atomic E-state index is 0.0109. The minimum Gasteiger partial charge on any atom is -0.494 e. The number of hydrogen-bond donors (Lipinski definition) is 2. The molecule has 0 radical (unpaired) electrons. The van der Waals surface area contributed by atoms with E-state index in [0.29, 0.717) is 6.61 Å². The van der Waals surface area contributed by atoms with Gasteiger partial charge in [0.05, 0.1) is 13.2 Å². The molecule has 0 saturated carbocycles. The van der Waals surface area contributed by atoms with Crippen LogP contribution in [0.5, 0.6) is 5.75 Å². The monoisotopic (exact) mass is 250 g/mol. The Morgan fingerprint density at radius 2 is 2.11 bits per heavy atom. The predicted octanol–water partition coefficient (Wildman–Crippen LogP) is 2.41. The SMILES string of the molecule is CCCNC(=O)CNc1cccc(OCCC)c1. The quantitative estimate of drug-likeness (QED) is 0.745. The highest BCUT2D eigenvalue weighted by atomic mass is 16.5. The molecule has 4 nitrogen and oxygen atoms in total. The molecule has 1 rings (SSSR count). The molecule has 1 aromatic rings. The van der Waals surface area contributed by atoms with Crippen LogP contribution >= 0.6 is 0 Å². The lowest BCUT2D eigenvalue weighted by atomic mass is 10.3. The first kappa shape index (κ1) is 14.4. The van der Waals surface area contributed by atoms with Crippen molar-refractivity contribution in [2.45, 2.75) is 26.7 Å². The maximum Gasteiger partial charge on any atom is 0.239 e. The van der Waals surface area contributed by atoms with E-state index in [4.69, 9.17) is 4.74 Å². The van der Waals surface area contributed by atoms with E-state index >= 15 is 0 Å². The first-order valence-corrected chi connectivity index (χ1v) is 6.49. The molecule has 1 amide bonds. The number of hydrogen-bond acceptors (Lipinski definition) is 3.